The van der Waals surface area contributed by atoms with Crippen molar-refractivity contribution in [1.29, 1.82) is 0 Å². The minimum Gasteiger partial charge on any atom is -0.385 e. The molecule has 1 aliphatic carbocycles. The second-order valence-electron chi connectivity index (χ2n) is 7.34. The van der Waals surface area contributed by atoms with E-state index in [2.05, 4.69) is 10.0 Å². The van der Waals surface area contributed by atoms with Gasteiger partial charge in [0.15, 0.2) is 0 Å². The summed E-state index contributed by atoms with van der Waals surface area (Å²) in [7, 11) is -3.28. The van der Waals surface area contributed by atoms with Gasteiger partial charge < -0.3 is 5.32 Å². The second-order valence-corrected chi connectivity index (χ2v) is 9.81. The van der Waals surface area contributed by atoms with Crippen molar-refractivity contribution in [3.63, 3.8) is 0 Å². The summed E-state index contributed by atoms with van der Waals surface area (Å²) in [5.74, 6) is 0.289. The quantitative estimate of drug-likeness (QED) is 0.861. The molecular formula is C17H27FN2O2S. The molecule has 0 aliphatic heterocycles. The van der Waals surface area contributed by atoms with Gasteiger partial charge in [-0.2, -0.15) is 0 Å². The molecule has 0 radical (unpaired) electrons. The smallest absolute Gasteiger partial charge is 0.216 e. The zero-order chi connectivity index (χ0) is 17.1. The lowest BCUT2D eigenvalue weighted by Gasteiger charge is -2.31. The maximum Gasteiger partial charge on any atom is 0.216 e. The molecule has 1 aromatic carbocycles. The molecular weight excluding hydrogens is 315 g/mol. The minimum atomic E-state index is -3.28. The summed E-state index contributed by atoms with van der Waals surface area (Å²) in [5, 5.41) is 3.32. The van der Waals surface area contributed by atoms with Crippen molar-refractivity contribution in [1.82, 2.24) is 4.72 Å². The highest BCUT2D eigenvalue weighted by atomic mass is 32.2. The van der Waals surface area contributed by atoms with Gasteiger partial charge in [-0.15, -0.1) is 0 Å². The van der Waals surface area contributed by atoms with Gasteiger partial charge in [-0.1, -0.05) is 0 Å². The Bertz CT molecular complexity index is 600. The molecule has 1 saturated carbocycles. The van der Waals surface area contributed by atoms with Gasteiger partial charge in [-0.25, -0.2) is 17.5 Å². The van der Waals surface area contributed by atoms with Crippen LogP contribution in [0.15, 0.2) is 24.3 Å². The standard InChI is InChI=1S/C17H27FN2O2S/c1-17(2,3)23(21,22)20-16-8-4-13(5-9-16)12-19-15-10-6-14(18)7-11-15/h6-7,10-11,13,16,19-20H,4-5,8-9,12H2,1-3H3. The number of hydrogen-bond acceptors (Lipinski definition) is 3. The molecule has 2 N–H and O–H groups in total. The van der Waals surface area contributed by atoms with Gasteiger partial charge in [0.2, 0.25) is 10.0 Å². The molecule has 0 bridgehead atoms. The van der Waals surface area contributed by atoms with Crippen molar-refractivity contribution in [3.05, 3.63) is 30.1 Å². The van der Waals surface area contributed by atoms with E-state index < -0.39 is 14.8 Å². The Balaban J connectivity index is 1.77. The Morgan fingerprint density at radius 3 is 2.17 bits per heavy atom. The van der Waals surface area contributed by atoms with E-state index in [9.17, 15) is 12.8 Å². The lowest BCUT2D eigenvalue weighted by atomic mass is 9.86. The fraction of sp³-hybridized carbons (Fsp3) is 0.647. The molecule has 0 spiro atoms. The number of benzene rings is 1. The van der Waals surface area contributed by atoms with Gasteiger partial charge in [0, 0.05) is 18.3 Å². The van der Waals surface area contributed by atoms with Gasteiger partial charge >= 0.3 is 0 Å². The summed E-state index contributed by atoms with van der Waals surface area (Å²) >= 11 is 0. The van der Waals surface area contributed by atoms with Crippen LogP contribution in [0.5, 0.6) is 0 Å². The van der Waals surface area contributed by atoms with Crippen LogP contribution in [0.3, 0.4) is 0 Å². The first-order chi connectivity index (χ1) is 10.7. The van der Waals surface area contributed by atoms with Gasteiger partial charge in [0.25, 0.3) is 0 Å². The first-order valence-electron chi connectivity index (χ1n) is 8.19. The van der Waals surface area contributed by atoms with Gasteiger partial charge in [0.1, 0.15) is 5.82 Å². The second kappa shape index (κ2) is 7.18. The number of anilines is 1. The van der Waals surface area contributed by atoms with Crippen LogP contribution >= 0.6 is 0 Å². The molecule has 1 fully saturated rings. The highest BCUT2D eigenvalue weighted by Crippen LogP contribution is 2.26. The summed E-state index contributed by atoms with van der Waals surface area (Å²) in [4.78, 5) is 0. The Morgan fingerprint density at radius 2 is 1.65 bits per heavy atom. The maximum atomic E-state index is 12.9. The van der Waals surface area contributed by atoms with E-state index in [1.165, 1.54) is 12.1 Å². The monoisotopic (exact) mass is 342 g/mol. The first-order valence-corrected chi connectivity index (χ1v) is 9.67. The topological polar surface area (TPSA) is 58.2 Å². The fourth-order valence-electron chi connectivity index (χ4n) is 2.71. The van der Waals surface area contributed by atoms with Crippen molar-refractivity contribution < 1.29 is 12.8 Å². The van der Waals surface area contributed by atoms with Crippen molar-refractivity contribution in [2.75, 3.05) is 11.9 Å². The van der Waals surface area contributed by atoms with Crippen LogP contribution in [-0.2, 0) is 10.0 Å². The molecule has 1 aromatic rings. The predicted octanol–water partition coefficient (Wildman–Crippen LogP) is 3.51. The average molecular weight is 342 g/mol. The van der Waals surface area contributed by atoms with Crippen molar-refractivity contribution in [3.8, 4) is 0 Å². The van der Waals surface area contributed by atoms with E-state index in [0.29, 0.717) is 5.92 Å². The normalized spacial score (nSPS) is 22.8. The minimum absolute atomic E-state index is 0.0429. The highest BCUT2D eigenvalue weighted by Gasteiger charge is 2.32. The molecule has 130 valence electrons. The Hall–Kier alpha value is -1.14. The van der Waals surface area contributed by atoms with Crippen LogP contribution in [0.2, 0.25) is 0 Å². The zero-order valence-electron chi connectivity index (χ0n) is 14.1. The number of sulfonamides is 1. The molecule has 1 aliphatic rings. The molecule has 6 heteroatoms. The Kier molecular flexibility index (Phi) is 5.68. The average Bonchev–Trinajstić information content (AvgIpc) is 2.47. The third kappa shape index (κ3) is 5.18. The zero-order valence-corrected chi connectivity index (χ0v) is 14.9. The van der Waals surface area contributed by atoms with Crippen LogP contribution in [0.25, 0.3) is 0 Å². The van der Waals surface area contributed by atoms with E-state index in [1.54, 1.807) is 32.9 Å². The molecule has 0 atom stereocenters. The SMILES string of the molecule is CC(C)(C)S(=O)(=O)NC1CCC(CNc2ccc(F)cc2)CC1. The predicted molar refractivity (Wildman–Crippen MR) is 92.4 cm³/mol. The van der Waals surface area contributed by atoms with E-state index in [0.717, 1.165) is 37.9 Å². The largest absolute Gasteiger partial charge is 0.385 e. The van der Waals surface area contributed by atoms with E-state index in [-0.39, 0.29) is 11.9 Å². The third-order valence-corrected chi connectivity index (χ3v) is 6.67. The molecule has 23 heavy (non-hydrogen) atoms. The van der Waals surface area contributed by atoms with E-state index in [1.807, 2.05) is 0 Å². The third-order valence-electron chi connectivity index (χ3n) is 4.41. The molecule has 4 nitrogen and oxygen atoms in total. The molecule has 0 saturated heterocycles. The summed E-state index contributed by atoms with van der Waals surface area (Å²) < 4.78 is 39.3. The van der Waals surface area contributed by atoms with Crippen LogP contribution in [-0.4, -0.2) is 25.8 Å². The van der Waals surface area contributed by atoms with E-state index >= 15 is 0 Å². The summed E-state index contributed by atoms with van der Waals surface area (Å²) in [6, 6.07) is 6.40. The first kappa shape index (κ1) is 18.2. The van der Waals surface area contributed by atoms with Crippen LogP contribution in [0.4, 0.5) is 10.1 Å². The number of nitrogens with one attached hydrogen (secondary N) is 2. The van der Waals surface area contributed by atoms with Crippen molar-refractivity contribution >= 4 is 15.7 Å². The summed E-state index contributed by atoms with van der Waals surface area (Å²) in [5.41, 5.74) is 0.918. The highest BCUT2D eigenvalue weighted by molar-refractivity contribution is 7.90. The lowest BCUT2D eigenvalue weighted by Crippen LogP contribution is -2.46. The molecule has 2 rings (SSSR count). The number of halogens is 1. The fourth-order valence-corrected chi connectivity index (χ4v) is 3.74. The van der Waals surface area contributed by atoms with Crippen molar-refractivity contribution in [2.24, 2.45) is 5.92 Å². The summed E-state index contributed by atoms with van der Waals surface area (Å²) in [6.07, 6.45) is 3.72. The molecule has 0 heterocycles. The van der Waals surface area contributed by atoms with Crippen LogP contribution in [0, 0.1) is 11.7 Å². The van der Waals surface area contributed by atoms with Gasteiger partial charge in [-0.3, -0.25) is 0 Å². The van der Waals surface area contributed by atoms with Gasteiger partial charge in [-0.05, 0) is 76.6 Å². The maximum absolute atomic E-state index is 12.9. The number of hydrogen-bond donors (Lipinski definition) is 2. The molecule has 0 aromatic heterocycles. The van der Waals surface area contributed by atoms with Crippen molar-refractivity contribution in [2.45, 2.75) is 57.2 Å². The Labute approximate surface area is 138 Å². The Morgan fingerprint density at radius 1 is 1.09 bits per heavy atom. The molecule has 0 unspecified atom stereocenters. The van der Waals surface area contributed by atoms with Crippen LogP contribution in [0.1, 0.15) is 46.5 Å². The van der Waals surface area contributed by atoms with Crippen LogP contribution < -0.4 is 10.0 Å². The summed E-state index contributed by atoms with van der Waals surface area (Å²) in [6.45, 7) is 5.99. The lowest BCUT2D eigenvalue weighted by molar-refractivity contribution is 0.322. The molecule has 0 amide bonds. The van der Waals surface area contributed by atoms with Gasteiger partial charge in [0.05, 0.1) is 4.75 Å². The van der Waals surface area contributed by atoms with E-state index in [4.69, 9.17) is 0 Å². The number of rotatable bonds is 5.